The van der Waals surface area contributed by atoms with Crippen LogP contribution in [0.5, 0.6) is 0 Å². The highest BCUT2D eigenvalue weighted by Crippen LogP contribution is 2.46. The summed E-state index contributed by atoms with van der Waals surface area (Å²) in [5.41, 5.74) is 2.52. The van der Waals surface area contributed by atoms with Gasteiger partial charge in [0.15, 0.2) is 4.96 Å². The fourth-order valence-electron chi connectivity index (χ4n) is 3.10. The highest BCUT2D eigenvalue weighted by atomic mass is 32.1. The van der Waals surface area contributed by atoms with E-state index in [1.165, 1.54) is 17.4 Å². The molecule has 0 N–H and O–H groups in total. The van der Waals surface area contributed by atoms with E-state index in [2.05, 4.69) is 14.8 Å². The van der Waals surface area contributed by atoms with E-state index in [0.717, 1.165) is 17.0 Å². The van der Waals surface area contributed by atoms with E-state index >= 15 is 0 Å². The van der Waals surface area contributed by atoms with Gasteiger partial charge in [0, 0.05) is 29.5 Å². The lowest BCUT2D eigenvalue weighted by molar-refractivity contribution is 0.898. The van der Waals surface area contributed by atoms with Crippen molar-refractivity contribution in [3.05, 3.63) is 73.7 Å². The molecule has 0 aromatic carbocycles. The molecule has 0 spiro atoms. The molecule has 4 rings (SSSR count). The number of aromatic nitrogens is 3. The number of pyridine rings is 1. The van der Waals surface area contributed by atoms with E-state index in [4.69, 9.17) is 11.8 Å². The Kier molecular flexibility index (Phi) is 3.60. The first-order valence-electron chi connectivity index (χ1n) is 7.85. The topological polar surface area (TPSA) is 75.4 Å². The van der Waals surface area contributed by atoms with Crippen LogP contribution in [0.15, 0.2) is 29.1 Å². The number of aryl methyl sites for hydroxylation is 1. The minimum absolute atomic E-state index is 0.0130. The monoisotopic (exact) mass is 347 g/mol. The normalized spacial score (nSPS) is 18.7. The molecule has 0 bridgehead atoms. The van der Waals surface area contributed by atoms with Crippen LogP contribution in [0.2, 0.25) is 0 Å². The van der Waals surface area contributed by atoms with Gasteiger partial charge in [-0.1, -0.05) is 6.07 Å². The predicted molar refractivity (Wildman–Crippen MR) is 93.6 cm³/mol. The standard InChI is InChI=1S/C18H13N5OS/c1-10-17(14-8-15(14)20-2)23-16(24)7-13(22-18(23)25-10)6-11-4-3-5-12(9-19)21-11/h3-5,7,14-15H,6,8H2,1H3. The molecule has 122 valence electrons. The summed E-state index contributed by atoms with van der Waals surface area (Å²) < 4.78 is 1.65. The van der Waals surface area contributed by atoms with Crippen LogP contribution in [-0.2, 0) is 6.42 Å². The Labute approximate surface area is 147 Å². The zero-order valence-electron chi connectivity index (χ0n) is 13.4. The van der Waals surface area contributed by atoms with E-state index in [9.17, 15) is 4.79 Å². The SMILES string of the molecule is [C-]#[N+]C1CC1c1c(C)sc2nc(Cc3cccc(C#N)n3)cc(=O)n12. The number of nitrogens with zero attached hydrogens (tertiary/aromatic N) is 5. The molecule has 2 unspecified atom stereocenters. The first-order chi connectivity index (χ1) is 12.1. The van der Waals surface area contributed by atoms with Crippen LogP contribution in [0, 0.1) is 24.8 Å². The Hall–Kier alpha value is -3.03. The summed E-state index contributed by atoms with van der Waals surface area (Å²) in [5.74, 6) is 0.144. The molecule has 6 nitrogen and oxygen atoms in total. The molecule has 7 heteroatoms. The maximum atomic E-state index is 12.7. The number of nitriles is 1. The van der Waals surface area contributed by atoms with Crippen LogP contribution in [-0.4, -0.2) is 20.4 Å². The molecule has 25 heavy (non-hydrogen) atoms. The van der Waals surface area contributed by atoms with Gasteiger partial charge in [-0.15, -0.1) is 11.3 Å². The smallest absolute Gasteiger partial charge is 0.258 e. The second kappa shape index (κ2) is 5.80. The lowest BCUT2D eigenvalue weighted by Gasteiger charge is -2.03. The number of rotatable bonds is 3. The molecule has 3 aromatic rings. The van der Waals surface area contributed by atoms with Gasteiger partial charge in [-0.25, -0.2) is 16.5 Å². The van der Waals surface area contributed by atoms with Gasteiger partial charge in [0.2, 0.25) is 6.04 Å². The van der Waals surface area contributed by atoms with Gasteiger partial charge in [0.25, 0.3) is 5.56 Å². The summed E-state index contributed by atoms with van der Waals surface area (Å²) in [6.07, 6.45) is 1.22. The Bertz CT molecular complexity index is 1130. The first kappa shape index (κ1) is 15.5. The zero-order valence-corrected chi connectivity index (χ0v) is 14.2. The van der Waals surface area contributed by atoms with E-state index < -0.39 is 0 Å². The summed E-state index contributed by atoms with van der Waals surface area (Å²) in [6, 6.07) is 8.77. The molecular formula is C18H13N5OS. The van der Waals surface area contributed by atoms with Gasteiger partial charge in [0.05, 0.1) is 17.3 Å². The second-order valence-corrected chi connectivity index (χ2v) is 7.27. The van der Waals surface area contributed by atoms with Crippen molar-refractivity contribution in [1.82, 2.24) is 14.4 Å². The number of thiazole rings is 1. The van der Waals surface area contributed by atoms with Crippen LogP contribution in [0.4, 0.5) is 0 Å². The Morgan fingerprint density at radius 1 is 1.44 bits per heavy atom. The summed E-state index contributed by atoms with van der Waals surface area (Å²) in [5, 5.41) is 8.95. The van der Waals surface area contributed by atoms with Gasteiger partial charge in [-0.2, -0.15) is 5.26 Å². The van der Waals surface area contributed by atoms with Gasteiger partial charge in [-0.3, -0.25) is 9.20 Å². The summed E-state index contributed by atoms with van der Waals surface area (Å²) >= 11 is 1.48. The van der Waals surface area contributed by atoms with Crippen molar-refractivity contribution in [2.24, 2.45) is 0 Å². The lowest BCUT2D eigenvalue weighted by Crippen LogP contribution is -2.17. The molecule has 0 amide bonds. The summed E-state index contributed by atoms with van der Waals surface area (Å²) in [7, 11) is 0. The van der Waals surface area contributed by atoms with Crippen molar-refractivity contribution in [1.29, 1.82) is 5.26 Å². The van der Waals surface area contributed by atoms with Gasteiger partial charge < -0.3 is 4.85 Å². The summed E-state index contributed by atoms with van der Waals surface area (Å²) in [4.78, 5) is 26.8. The molecular weight excluding hydrogens is 334 g/mol. The van der Waals surface area contributed by atoms with Crippen molar-refractivity contribution in [3.63, 3.8) is 0 Å². The van der Waals surface area contributed by atoms with Crippen molar-refractivity contribution >= 4 is 16.3 Å². The molecule has 1 aliphatic carbocycles. The van der Waals surface area contributed by atoms with Crippen LogP contribution in [0.1, 0.15) is 40.0 Å². The quantitative estimate of drug-likeness (QED) is 0.683. The van der Waals surface area contributed by atoms with Gasteiger partial charge in [0.1, 0.15) is 11.8 Å². The van der Waals surface area contributed by atoms with Crippen LogP contribution in [0.3, 0.4) is 0 Å². The zero-order chi connectivity index (χ0) is 17.6. The molecule has 1 aliphatic rings. The van der Waals surface area contributed by atoms with Crippen molar-refractivity contribution < 1.29 is 0 Å². The molecule has 1 saturated carbocycles. The Balaban J connectivity index is 1.75. The Morgan fingerprint density at radius 2 is 2.28 bits per heavy atom. The maximum Gasteiger partial charge on any atom is 0.258 e. The largest absolute Gasteiger partial charge is 0.313 e. The molecule has 0 aliphatic heterocycles. The molecule has 3 heterocycles. The third kappa shape index (κ3) is 2.69. The maximum absolute atomic E-state index is 12.7. The number of hydrogen-bond donors (Lipinski definition) is 0. The lowest BCUT2D eigenvalue weighted by atomic mass is 10.2. The third-order valence-corrected chi connectivity index (χ3v) is 5.32. The van der Waals surface area contributed by atoms with E-state index in [1.54, 1.807) is 16.5 Å². The van der Waals surface area contributed by atoms with Crippen LogP contribution >= 0.6 is 11.3 Å². The molecule has 0 radical (unpaired) electrons. The fourth-order valence-corrected chi connectivity index (χ4v) is 4.17. The minimum Gasteiger partial charge on any atom is -0.313 e. The molecule has 0 saturated heterocycles. The third-order valence-electron chi connectivity index (χ3n) is 4.34. The van der Waals surface area contributed by atoms with Gasteiger partial charge >= 0.3 is 0 Å². The van der Waals surface area contributed by atoms with Gasteiger partial charge in [-0.05, 0) is 19.1 Å². The highest BCUT2D eigenvalue weighted by Gasteiger charge is 2.48. The van der Waals surface area contributed by atoms with Crippen molar-refractivity contribution in [2.45, 2.75) is 31.7 Å². The minimum atomic E-state index is -0.119. The van der Waals surface area contributed by atoms with Crippen molar-refractivity contribution in [2.75, 3.05) is 0 Å². The number of fused-ring (bicyclic) bond motifs is 1. The number of hydrogen-bond acceptors (Lipinski definition) is 5. The second-order valence-electron chi connectivity index (χ2n) is 6.09. The average Bonchev–Trinajstić information content (AvgIpc) is 3.29. The fraction of sp³-hybridized carbons (Fsp3) is 0.278. The highest BCUT2D eigenvalue weighted by molar-refractivity contribution is 7.17. The van der Waals surface area contributed by atoms with Crippen LogP contribution < -0.4 is 5.56 Å². The molecule has 2 atom stereocenters. The average molecular weight is 347 g/mol. The first-order valence-corrected chi connectivity index (χ1v) is 8.67. The van der Waals surface area contributed by atoms with Crippen molar-refractivity contribution in [3.8, 4) is 6.07 Å². The molecule has 1 fully saturated rings. The predicted octanol–water partition coefficient (Wildman–Crippen LogP) is 2.70. The molecule has 3 aromatic heterocycles. The Morgan fingerprint density at radius 3 is 3.00 bits per heavy atom. The van der Waals surface area contributed by atoms with E-state index in [1.807, 2.05) is 19.1 Å². The van der Waals surface area contributed by atoms with Crippen LogP contribution in [0.25, 0.3) is 9.81 Å². The summed E-state index contributed by atoms with van der Waals surface area (Å²) in [6.45, 7) is 9.15. The van der Waals surface area contributed by atoms with E-state index in [-0.39, 0.29) is 17.5 Å². The van der Waals surface area contributed by atoms with E-state index in [0.29, 0.717) is 28.5 Å².